The summed E-state index contributed by atoms with van der Waals surface area (Å²) in [7, 11) is 0. The lowest BCUT2D eigenvalue weighted by atomic mass is 10.0. The fraction of sp³-hybridized carbons (Fsp3) is 0.474. The lowest BCUT2D eigenvalue weighted by Gasteiger charge is -2.23. The van der Waals surface area contributed by atoms with Crippen LogP contribution in [0.3, 0.4) is 0 Å². The van der Waals surface area contributed by atoms with Gasteiger partial charge in [-0.3, -0.25) is 9.48 Å². The molecule has 27 heavy (non-hydrogen) atoms. The third kappa shape index (κ3) is 4.57. The van der Waals surface area contributed by atoms with Crippen LogP contribution in [0.1, 0.15) is 53.8 Å². The third-order valence-corrected chi connectivity index (χ3v) is 5.27. The zero-order chi connectivity index (χ0) is 17.9. The van der Waals surface area contributed by atoms with Gasteiger partial charge in [-0.1, -0.05) is 17.7 Å². The number of aromatic nitrogens is 2. The van der Waals surface area contributed by atoms with Crippen molar-refractivity contribution in [1.29, 1.82) is 0 Å². The molecule has 8 heteroatoms. The molecule has 2 N–H and O–H groups in total. The van der Waals surface area contributed by atoms with Gasteiger partial charge in [-0.25, -0.2) is 0 Å². The van der Waals surface area contributed by atoms with Gasteiger partial charge in [-0.15, -0.1) is 12.4 Å². The molecule has 0 radical (unpaired) electrons. The van der Waals surface area contributed by atoms with E-state index in [0.29, 0.717) is 23.4 Å². The van der Waals surface area contributed by atoms with Crippen molar-refractivity contribution in [1.82, 2.24) is 20.4 Å². The molecule has 2 aliphatic rings. The smallest absolute Gasteiger partial charge is 0.272 e. The van der Waals surface area contributed by atoms with E-state index >= 15 is 0 Å². The molecule has 2 aromatic rings. The van der Waals surface area contributed by atoms with Crippen molar-refractivity contribution < 1.29 is 9.53 Å². The van der Waals surface area contributed by atoms with Crippen molar-refractivity contribution in [2.24, 2.45) is 0 Å². The first kappa shape index (κ1) is 20.0. The van der Waals surface area contributed by atoms with Crippen LogP contribution in [0.15, 0.2) is 30.5 Å². The van der Waals surface area contributed by atoms with Crippen LogP contribution in [0.5, 0.6) is 5.75 Å². The molecule has 1 aromatic carbocycles. The van der Waals surface area contributed by atoms with Crippen LogP contribution in [-0.2, 0) is 0 Å². The molecule has 1 saturated heterocycles. The number of hydrogen-bond acceptors (Lipinski definition) is 4. The maximum Gasteiger partial charge on any atom is 0.272 e. The number of halogens is 2. The average Bonchev–Trinajstić information content (AvgIpc) is 3.08. The number of benzene rings is 1. The van der Waals surface area contributed by atoms with E-state index in [1.54, 1.807) is 6.07 Å². The fourth-order valence-corrected chi connectivity index (χ4v) is 3.81. The highest BCUT2D eigenvalue weighted by Crippen LogP contribution is 2.33. The lowest BCUT2D eigenvalue weighted by Crippen LogP contribution is -2.32. The Balaban J connectivity index is 0.00000210. The Morgan fingerprint density at radius 1 is 1.30 bits per heavy atom. The van der Waals surface area contributed by atoms with Gasteiger partial charge < -0.3 is 15.4 Å². The van der Waals surface area contributed by atoms with Crippen LogP contribution < -0.4 is 15.4 Å². The van der Waals surface area contributed by atoms with E-state index in [1.165, 1.54) is 0 Å². The Bertz CT molecular complexity index is 790. The summed E-state index contributed by atoms with van der Waals surface area (Å²) in [6.45, 7) is 2.58. The number of nitrogens with zero attached hydrogens (tertiary/aromatic N) is 2. The van der Waals surface area contributed by atoms with E-state index in [2.05, 4.69) is 15.7 Å². The van der Waals surface area contributed by atoms with Crippen molar-refractivity contribution in [2.45, 2.75) is 37.8 Å². The molecule has 6 nitrogen and oxygen atoms in total. The summed E-state index contributed by atoms with van der Waals surface area (Å²) in [6, 6.07) is 7.59. The monoisotopic (exact) mass is 410 g/mol. The van der Waals surface area contributed by atoms with Crippen molar-refractivity contribution in [3.05, 3.63) is 46.7 Å². The molecule has 0 saturated carbocycles. The van der Waals surface area contributed by atoms with E-state index in [-0.39, 0.29) is 24.4 Å². The van der Waals surface area contributed by atoms with Gasteiger partial charge >= 0.3 is 0 Å². The number of fused-ring (bicyclic) bond motifs is 1. The molecule has 1 fully saturated rings. The lowest BCUT2D eigenvalue weighted by molar-refractivity contribution is 0.0928. The molecular weight excluding hydrogens is 387 g/mol. The van der Waals surface area contributed by atoms with Gasteiger partial charge in [-0.05, 0) is 50.4 Å². The summed E-state index contributed by atoms with van der Waals surface area (Å²) in [5, 5.41) is 11.6. The van der Waals surface area contributed by atoms with Crippen LogP contribution in [0, 0.1) is 0 Å². The second-order valence-corrected chi connectivity index (χ2v) is 7.32. The Morgan fingerprint density at radius 2 is 2.19 bits per heavy atom. The van der Waals surface area contributed by atoms with E-state index in [1.807, 2.05) is 29.1 Å². The van der Waals surface area contributed by atoms with Crippen LogP contribution in [0.25, 0.3) is 0 Å². The normalized spacial score (nSPS) is 22.0. The number of carbonyl (C=O) groups is 1. The van der Waals surface area contributed by atoms with Gasteiger partial charge in [0.1, 0.15) is 11.4 Å². The highest BCUT2D eigenvalue weighted by molar-refractivity contribution is 6.30. The maximum atomic E-state index is 12.7. The number of hydrogen-bond donors (Lipinski definition) is 2. The summed E-state index contributed by atoms with van der Waals surface area (Å²) < 4.78 is 7.68. The molecule has 146 valence electrons. The van der Waals surface area contributed by atoms with Crippen molar-refractivity contribution in [2.75, 3.05) is 19.7 Å². The average molecular weight is 411 g/mol. The molecule has 0 spiro atoms. The predicted molar refractivity (Wildman–Crippen MR) is 107 cm³/mol. The van der Waals surface area contributed by atoms with Gasteiger partial charge in [0.05, 0.1) is 18.7 Å². The number of ether oxygens (including phenoxy) is 1. The van der Waals surface area contributed by atoms with Gasteiger partial charge in [0.25, 0.3) is 5.91 Å². The molecular formula is C19H24Cl2N4O2. The zero-order valence-electron chi connectivity index (χ0n) is 15.0. The van der Waals surface area contributed by atoms with E-state index in [0.717, 1.165) is 50.1 Å². The molecule has 4 rings (SSSR count). The molecule has 0 bridgehead atoms. The summed E-state index contributed by atoms with van der Waals surface area (Å²) in [4.78, 5) is 12.7. The van der Waals surface area contributed by atoms with Crippen LogP contribution in [-0.4, -0.2) is 35.4 Å². The third-order valence-electron chi connectivity index (χ3n) is 5.04. The minimum atomic E-state index is -0.152. The number of piperidine rings is 1. The molecule has 1 amide bonds. The van der Waals surface area contributed by atoms with Crippen molar-refractivity contribution >= 4 is 29.9 Å². The first-order chi connectivity index (χ1) is 12.7. The Labute approximate surface area is 170 Å². The first-order valence-corrected chi connectivity index (χ1v) is 9.57. The summed E-state index contributed by atoms with van der Waals surface area (Å²) in [5.41, 5.74) is 1.42. The largest absolute Gasteiger partial charge is 0.493 e. The second kappa shape index (κ2) is 8.95. The van der Waals surface area contributed by atoms with Crippen LogP contribution >= 0.6 is 24.0 Å². The number of rotatable bonds is 3. The molecule has 2 unspecified atom stereocenters. The minimum absolute atomic E-state index is 0. The highest BCUT2D eigenvalue weighted by Gasteiger charge is 2.24. The second-order valence-electron chi connectivity index (χ2n) is 6.88. The van der Waals surface area contributed by atoms with Gasteiger partial charge in [0.2, 0.25) is 0 Å². The molecule has 1 aromatic heterocycles. The zero-order valence-corrected chi connectivity index (χ0v) is 16.6. The van der Waals surface area contributed by atoms with Crippen LogP contribution in [0.4, 0.5) is 0 Å². The van der Waals surface area contributed by atoms with Gasteiger partial charge in [0.15, 0.2) is 0 Å². The predicted octanol–water partition coefficient (Wildman–Crippen LogP) is 3.53. The maximum absolute atomic E-state index is 12.7. The molecule has 0 aliphatic carbocycles. The highest BCUT2D eigenvalue weighted by atomic mass is 35.5. The standard InChI is InChI=1S/C19H23ClN4O2.ClH/c20-13-5-6-15-16(4-2-10-26-18(15)11-13)22-19(25)17-7-9-24(23-17)14-3-1-8-21-12-14;/h5-7,9,11,14,16,21H,1-4,8,10,12H2,(H,22,25);1H. The quantitative estimate of drug-likeness (QED) is 0.811. The Hall–Kier alpha value is -1.76. The minimum Gasteiger partial charge on any atom is -0.493 e. The molecule has 3 heterocycles. The summed E-state index contributed by atoms with van der Waals surface area (Å²) >= 11 is 6.07. The summed E-state index contributed by atoms with van der Waals surface area (Å²) in [5.74, 6) is 0.597. The SMILES string of the molecule is Cl.O=C(NC1CCCOc2cc(Cl)ccc21)c1ccn(C2CCCNC2)n1. The topological polar surface area (TPSA) is 68.2 Å². The fourth-order valence-electron chi connectivity index (χ4n) is 3.65. The van der Waals surface area contributed by atoms with Crippen molar-refractivity contribution in [3.63, 3.8) is 0 Å². The van der Waals surface area contributed by atoms with Crippen LogP contribution in [0.2, 0.25) is 5.02 Å². The molecule has 2 atom stereocenters. The number of nitrogens with one attached hydrogen (secondary N) is 2. The number of carbonyl (C=O) groups excluding carboxylic acids is 1. The van der Waals surface area contributed by atoms with E-state index in [9.17, 15) is 4.79 Å². The van der Waals surface area contributed by atoms with E-state index < -0.39 is 0 Å². The number of amides is 1. The molecule has 2 aliphatic heterocycles. The van der Waals surface area contributed by atoms with Crippen molar-refractivity contribution in [3.8, 4) is 5.75 Å². The summed E-state index contributed by atoms with van der Waals surface area (Å²) in [6.07, 6.45) is 5.82. The van der Waals surface area contributed by atoms with Gasteiger partial charge in [-0.2, -0.15) is 5.10 Å². The van der Waals surface area contributed by atoms with Gasteiger partial charge in [0, 0.05) is 23.3 Å². The Kier molecular flexibility index (Phi) is 6.63. The Morgan fingerprint density at radius 3 is 3.00 bits per heavy atom. The van der Waals surface area contributed by atoms with E-state index in [4.69, 9.17) is 16.3 Å². The first-order valence-electron chi connectivity index (χ1n) is 9.20.